The first-order chi connectivity index (χ1) is 2.27. The molecule has 0 unspecified atom stereocenters. The minimum absolute atomic E-state index is 0. The fraction of sp³-hybridized carbons (Fsp3) is 0. The van der Waals surface area contributed by atoms with E-state index in [1.807, 2.05) is 0 Å². The maximum absolute atomic E-state index is 9.69. The summed E-state index contributed by atoms with van der Waals surface area (Å²) in [5.41, 5.74) is 0. The second-order valence-electron chi connectivity index (χ2n) is 0.568. The Labute approximate surface area is 59.3 Å². The maximum Gasteiger partial charge on any atom is 0 e. The van der Waals surface area contributed by atoms with Crippen LogP contribution in [0.15, 0.2) is 12.7 Å². The molecule has 0 saturated heterocycles. The first kappa shape index (κ1) is 9.82. The monoisotopic (exact) mass is 130 g/mol. The summed E-state index contributed by atoms with van der Waals surface area (Å²) in [4.78, 5) is 9.69. The van der Waals surface area contributed by atoms with E-state index in [1.54, 1.807) is 0 Å². The van der Waals surface area contributed by atoms with E-state index in [0.717, 1.165) is 0 Å². The summed E-state index contributed by atoms with van der Waals surface area (Å²) in [6.45, 7) is 3.21. The van der Waals surface area contributed by atoms with Crippen LogP contribution in [-0.2, 0) is 25.2 Å². The van der Waals surface area contributed by atoms with Gasteiger partial charge in [0.15, 0.2) is 0 Å². The molecule has 0 aromatic carbocycles. The molecule has 0 spiro atoms. The number of rotatable bonds is 1. The van der Waals surface area contributed by atoms with Gasteiger partial charge in [-0.3, -0.25) is 0 Å². The van der Waals surface area contributed by atoms with Crippen molar-refractivity contribution in [2.45, 2.75) is 0 Å². The van der Waals surface area contributed by atoms with Gasteiger partial charge >= 0.3 is 42.0 Å². The van der Waals surface area contributed by atoms with Crippen molar-refractivity contribution in [2.24, 2.45) is 0 Å². The first-order valence-corrected chi connectivity index (χ1v) is 1.93. The average molecular weight is 130 g/mol. The van der Waals surface area contributed by atoms with Crippen molar-refractivity contribution >= 4 is 21.4 Å². The number of carbonyl (C=O) groups excluding carboxylic acids is 1. The second kappa shape index (κ2) is 5.66. The van der Waals surface area contributed by atoms with E-state index < -0.39 is 0 Å². The van der Waals surface area contributed by atoms with Crippen LogP contribution in [0.4, 0.5) is 0 Å². The average Bonchev–Trinajstić information content (AvgIpc) is 1.38. The smallest absolute Gasteiger partial charge is 0 e. The van der Waals surface area contributed by atoms with Gasteiger partial charge in [-0.25, -0.2) is 0 Å². The van der Waals surface area contributed by atoms with E-state index >= 15 is 0 Å². The molecule has 1 nitrogen and oxygen atoms in total. The van der Waals surface area contributed by atoms with Crippen molar-refractivity contribution in [3.63, 3.8) is 0 Å². The molecule has 0 aliphatic heterocycles. The van der Waals surface area contributed by atoms with E-state index in [4.69, 9.17) is 0 Å². The molecule has 0 rings (SSSR count). The summed E-state index contributed by atoms with van der Waals surface area (Å²) < 4.78 is 0.0185. The zero-order valence-corrected chi connectivity index (χ0v) is 5.99. The van der Waals surface area contributed by atoms with Gasteiger partial charge in [-0.05, 0) is 0 Å². The third kappa shape index (κ3) is 8.82. The van der Waals surface area contributed by atoms with Crippen LogP contribution in [-0.4, -0.2) is 21.4 Å². The zero-order chi connectivity index (χ0) is 4.28. The summed E-state index contributed by atoms with van der Waals surface area (Å²) in [5, 5.41) is 0. The summed E-state index contributed by atoms with van der Waals surface area (Å²) in [7, 11) is 0. The predicted molar refractivity (Wildman–Crippen MR) is 21.0 cm³/mol. The Hall–Kier alpha value is 0.657. The summed E-state index contributed by atoms with van der Waals surface area (Å²) in [6, 6.07) is 0. The Balaban J connectivity index is 0. The van der Waals surface area contributed by atoms with E-state index in [9.17, 15) is 4.79 Å². The molecule has 3 radical (unpaired) electrons. The molecular weight excluding hydrogens is 127 g/mol. The molecule has 0 aliphatic carbocycles. The van der Waals surface area contributed by atoms with E-state index in [2.05, 4.69) is 6.58 Å². The van der Waals surface area contributed by atoms with Gasteiger partial charge in [-0.2, -0.15) is 0 Å². The second-order valence-corrected chi connectivity index (χ2v) is 1.34. The number of allylic oxidation sites excluding steroid dienone is 1. The molecule has 6 heavy (non-hydrogen) atoms. The third-order valence-corrected chi connectivity index (χ3v) is 0.504. The van der Waals surface area contributed by atoms with E-state index in [0.29, 0.717) is 0 Å². The Bertz CT molecular complexity index is 61.8. The van der Waals surface area contributed by atoms with Crippen molar-refractivity contribution < 1.29 is 25.2 Å². The standard InChI is InChI=1S/C3H3O.Al.Ti/c1-2-3-4;;/h2H,1H2;;. The topological polar surface area (TPSA) is 17.1 Å². The Morgan fingerprint density at radius 1 is 1.83 bits per heavy atom. The molecule has 28 valence electrons. The van der Waals surface area contributed by atoms with Gasteiger partial charge in [0.2, 0.25) is 0 Å². The van der Waals surface area contributed by atoms with Crippen LogP contribution in [0.2, 0.25) is 0 Å². The molecule has 0 N–H and O–H groups in total. The van der Waals surface area contributed by atoms with Gasteiger partial charge in [0.25, 0.3) is 0 Å². The molecule has 0 atom stereocenters. The summed E-state index contributed by atoms with van der Waals surface area (Å²) in [5.74, 6) is 0. The summed E-state index contributed by atoms with van der Waals surface area (Å²) in [6.07, 6.45) is 1.28. The van der Waals surface area contributed by atoms with Gasteiger partial charge in [-0.1, -0.05) is 0 Å². The zero-order valence-electron chi connectivity index (χ0n) is 3.27. The van der Waals surface area contributed by atoms with Crippen LogP contribution >= 0.6 is 0 Å². The van der Waals surface area contributed by atoms with Crippen molar-refractivity contribution in [1.82, 2.24) is 0 Å². The molecule has 0 saturated carbocycles. The van der Waals surface area contributed by atoms with Gasteiger partial charge in [0.05, 0.1) is 0 Å². The Morgan fingerprint density at radius 2 is 2.00 bits per heavy atom. The van der Waals surface area contributed by atoms with Gasteiger partial charge in [-0.15, -0.1) is 0 Å². The first-order valence-electron chi connectivity index (χ1n) is 1.15. The quantitative estimate of drug-likeness (QED) is 0.356. The van der Waals surface area contributed by atoms with E-state index in [-0.39, 0.29) is 21.4 Å². The fourth-order valence-electron chi connectivity index (χ4n) is 0. The largest absolute Gasteiger partial charge is 0 e. The van der Waals surface area contributed by atoms with Crippen molar-refractivity contribution in [3.8, 4) is 0 Å². The number of hydrogen-bond acceptors (Lipinski definition) is 1. The van der Waals surface area contributed by atoms with Gasteiger partial charge < -0.3 is 0 Å². The molecule has 0 aromatic heterocycles. The third-order valence-electron chi connectivity index (χ3n) is 0.185. The normalized spacial score (nSPS) is 5.17. The molecular formula is C3H3AlOTi. The molecule has 0 heterocycles. The van der Waals surface area contributed by atoms with Crippen LogP contribution in [0.3, 0.4) is 0 Å². The van der Waals surface area contributed by atoms with Crippen LogP contribution in [0.25, 0.3) is 0 Å². The maximum atomic E-state index is 9.69. The number of hydrogen-bond donors (Lipinski definition) is 0. The Morgan fingerprint density at radius 3 is 2.00 bits per heavy atom. The number of carbonyl (C=O) groups is 1. The van der Waals surface area contributed by atoms with Gasteiger partial charge in [0, 0.05) is 17.4 Å². The minimum atomic E-state index is 0. The van der Waals surface area contributed by atoms with Crippen LogP contribution in [0.1, 0.15) is 0 Å². The van der Waals surface area contributed by atoms with E-state index in [1.165, 1.54) is 26.5 Å². The minimum Gasteiger partial charge on any atom is 0 e. The molecule has 0 fully saturated rings. The van der Waals surface area contributed by atoms with Crippen molar-refractivity contribution in [1.29, 1.82) is 0 Å². The predicted octanol–water partition coefficient (Wildman–Crippen LogP) is -0.135. The van der Waals surface area contributed by atoms with Gasteiger partial charge in [0.1, 0.15) is 0 Å². The molecule has 0 aliphatic rings. The van der Waals surface area contributed by atoms with Crippen LogP contribution in [0.5, 0.6) is 0 Å². The van der Waals surface area contributed by atoms with Crippen LogP contribution in [0, 0.1) is 0 Å². The molecule has 3 heteroatoms. The molecule has 0 aromatic rings. The molecule has 0 amide bonds. The summed E-state index contributed by atoms with van der Waals surface area (Å²) >= 11 is 1.47. The van der Waals surface area contributed by atoms with Crippen molar-refractivity contribution in [2.75, 3.05) is 0 Å². The van der Waals surface area contributed by atoms with Crippen LogP contribution < -0.4 is 0 Å². The molecule has 0 bridgehead atoms. The fourth-order valence-corrected chi connectivity index (χ4v) is 0. The SMILES string of the molecule is C=C[C](=O)[Ti].[Al]. The van der Waals surface area contributed by atoms with Crippen molar-refractivity contribution in [3.05, 3.63) is 12.7 Å². The Kier molecular flexibility index (Phi) is 9.26.